The monoisotopic (exact) mass is 268 g/mol. The summed E-state index contributed by atoms with van der Waals surface area (Å²) in [7, 11) is 1.51. The number of nitrogens with zero attached hydrogens (tertiary/aromatic N) is 1. The highest BCUT2D eigenvalue weighted by molar-refractivity contribution is 6.10. The number of amides is 1. The van der Waals surface area contributed by atoms with Gasteiger partial charge in [0.25, 0.3) is 5.91 Å². The summed E-state index contributed by atoms with van der Waals surface area (Å²) >= 11 is 0. The third-order valence-corrected chi connectivity index (χ3v) is 2.55. The van der Waals surface area contributed by atoms with E-state index in [9.17, 15) is 4.79 Å². The Labute approximate surface area is 116 Å². The van der Waals surface area contributed by atoms with Crippen molar-refractivity contribution < 1.29 is 13.9 Å². The second-order valence-electron chi connectivity index (χ2n) is 3.84. The molecule has 2 aromatic rings. The Kier molecular flexibility index (Phi) is 4.20. The van der Waals surface area contributed by atoms with Crippen LogP contribution in [-0.4, -0.2) is 13.0 Å². The van der Waals surface area contributed by atoms with E-state index in [1.54, 1.807) is 36.4 Å². The number of furan rings is 1. The zero-order valence-electron chi connectivity index (χ0n) is 10.8. The molecule has 0 aliphatic carbocycles. The lowest BCUT2D eigenvalue weighted by atomic mass is 10.2. The Morgan fingerprint density at radius 2 is 2.15 bits per heavy atom. The van der Waals surface area contributed by atoms with Gasteiger partial charge in [-0.2, -0.15) is 5.26 Å². The molecule has 1 aromatic heterocycles. The normalized spacial score (nSPS) is 10.7. The fourth-order valence-electron chi connectivity index (χ4n) is 1.60. The molecule has 0 fully saturated rings. The number of nitrogens with one attached hydrogen (secondary N) is 1. The van der Waals surface area contributed by atoms with Crippen molar-refractivity contribution in [2.45, 2.75) is 0 Å². The first-order valence-corrected chi connectivity index (χ1v) is 5.84. The minimum absolute atomic E-state index is 0.0501. The number of ether oxygens (including phenoxy) is 1. The summed E-state index contributed by atoms with van der Waals surface area (Å²) in [5.74, 6) is 0.446. The van der Waals surface area contributed by atoms with Gasteiger partial charge in [0.1, 0.15) is 23.2 Å². The van der Waals surface area contributed by atoms with Gasteiger partial charge in [0.2, 0.25) is 0 Å². The first-order chi connectivity index (χ1) is 9.74. The molecule has 0 spiro atoms. The molecule has 1 aromatic carbocycles. The summed E-state index contributed by atoms with van der Waals surface area (Å²) in [6, 6.07) is 12.2. The van der Waals surface area contributed by atoms with E-state index in [1.165, 1.54) is 19.4 Å². The maximum atomic E-state index is 12.0. The molecule has 5 heteroatoms. The number of carbonyl (C=O) groups excluding carboxylic acids is 1. The molecule has 1 heterocycles. The van der Waals surface area contributed by atoms with Gasteiger partial charge in [-0.1, -0.05) is 12.1 Å². The Bertz CT molecular complexity index is 667. The Morgan fingerprint density at radius 3 is 2.80 bits per heavy atom. The van der Waals surface area contributed by atoms with Crippen molar-refractivity contribution >= 4 is 17.7 Å². The molecule has 1 N–H and O–H groups in total. The zero-order valence-corrected chi connectivity index (χ0v) is 10.8. The largest absolute Gasteiger partial charge is 0.495 e. The molecule has 0 aliphatic heterocycles. The molecule has 100 valence electrons. The van der Waals surface area contributed by atoms with Gasteiger partial charge in [-0.25, -0.2) is 0 Å². The standard InChI is InChI=1S/C15H12N2O3/c1-19-14-7-3-2-6-13(14)17-15(18)11(10-16)9-12-5-4-8-20-12/h2-9H,1H3,(H,17,18)/b11-9+. The summed E-state index contributed by atoms with van der Waals surface area (Å²) in [5.41, 5.74) is 0.450. The molecule has 0 saturated heterocycles. The van der Waals surface area contributed by atoms with Crippen LogP contribution in [0.25, 0.3) is 6.08 Å². The average Bonchev–Trinajstić information content (AvgIpc) is 2.98. The Balaban J connectivity index is 2.21. The topological polar surface area (TPSA) is 75.3 Å². The number of para-hydroxylation sites is 2. The second kappa shape index (κ2) is 6.25. The summed E-state index contributed by atoms with van der Waals surface area (Å²) in [4.78, 5) is 12.0. The number of anilines is 1. The number of nitriles is 1. The molecular weight excluding hydrogens is 256 g/mol. The molecule has 2 rings (SSSR count). The summed E-state index contributed by atoms with van der Waals surface area (Å²) in [6.07, 6.45) is 2.85. The second-order valence-corrected chi connectivity index (χ2v) is 3.84. The van der Waals surface area contributed by atoms with Crippen LogP contribution < -0.4 is 10.1 Å². The van der Waals surface area contributed by atoms with Gasteiger partial charge in [-0.3, -0.25) is 4.79 Å². The van der Waals surface area contributed by atoms with Crippen molar-refractivity contribution in [2.75, 3.05) is 12.4 Å². The van der Waals surface area contributed by atoms with E-state index < -0.39 is 5.91 Å². The highest BCUT2D eigenvalue weighted by Crippen LogP contribution is 2.23. The van der Waals surface area contributed by atoms with E-state index in [0.29, 0.717) is 17.2 Å². The number of rotatable bonds is 4. The number of hydrogen-bond donors (Lipinski definition) is 1. The number of carbonyl (C=O) groups is 1. The van der Waals surface area contributed by atoms with Crippen LogP contribution in [0.15, 0.2) is 52.7 Å². The number of methoxy groups -OCH3 is 1. The maximum Gasteiger partial charge on any atom is 0.266 e. The van der Waals surface area contributed by atoms with E-state index in [2.05, 4.69) is 5.32 Å². The first kappa shape index (κ1) is 13.4. The van der Waals surface area contributed by atoms with Gasteiger partial charge >= 0.3 is 0 Å². The van der Waals surface area contributed by atoms with E-state index in [1.807, 2.05) is 6.07 Å². The Hall–Kier alpha value is -3.00. The summed E-state index contributed by atoms with van der Waals surface area (Å²) < 4.78 is 10.2. The predicted molar refractivity (Wildman–Crippen MR) is 73.9 cm³/mol. The van der Waals surface area contributed by atoms with Gasteiger partial charge in [-0.05, 0) is 24.3 Å². The van der Waals surface area contributed by atoms with Crippen LogP contribution >= 0.6 is 0 Å². The average molecular weight is 268 g/mol. The van der Waals surface area contributed by atoms with Crippen molar-refractivity contribution in [1.29, 1.82) is 5.26 Å². The van der Waals surface area contributed by atoms with Gasteiger partial charge in [0, 0.05) is 6.08 Å². The van der Waals surface area contributed by atoms with Crippen molar-refractivity contribution in [3.8, 4) is 11.8 Å². The lowest BCUT2D eigenvalue weighted by Crippen LogP contribution is -2.14. The Morgan fingerprint density at radius 1 is 1.35 bits per heavy atom. The van der Waals surface area contributed by atoms with Crippen LogP contribution in [0.3, 0.4) is 0 Å². The third-order valence-electron chi connectivity index (χ3n) is 2.55. The lowest BCUT2D eigenvalue weighted by molar-refractivity contribution is -0.112. The molecule has 0 saturated carbocycles. The van der Waals surface area contributed by atoms with E-state index in [0.717, 1.165) is 0 Å². The molecule has 5 nitrogen and oxygen atoms in total. The molecule has 0 aliphatic rings. The SMILES string of the molecule is COc1ccccc1NC(=O)/C(C#N)=C/c1ccco1. The summed E-state index contributed by atoms with van der Waals surface area (Å²) in [6.45, 7) is 0. The lowest BCUT2D eigenvalue weighted by Gasteiger charge is -2.08. The highest BCUT2D eigenvalue weighted by atomic mass is 16.5. The van der Waals surface area contributed by atoms with Crippen molar-refractivity contribution in [3.63, 3.8) is 0 Å². The van der Waals surface area contributed by atoms with Crippen LogP contribution in [0.1, 0.15) is 5.76 Å². The summed E-state index contributed by atoms with van der Waals surface area (Å²) in [5, 5.41) is 11.7. The van der Waals surface area contributed by atoms with Crippen molar-refractivity contribution in [1.82, 2.24) is 0 Å². The van der Waals surface area contributed by atoms with Crippen LogP contribution in [0.4, 0.5) is 5.69 Å². The van der Waals surface area contributed by atoms with E-state index in [-0.39, 0.29) is 5.57 Å². The smallest absolute Gasteiger partial charge is 0.266 e. The number of benzene rings is 1. The van der Waals surface area contributed by atoms with Gasteiger partial charge < -0.3 is 14.5 Å². The van der Waals surface area contributed by atoms with Crippen LogP contribution in [0, 0.1) is 11.3 Å². The fourth-order valence-corrected chi connectivity index (χ4v) is 1.60. The van der Waals surface area contributed by atoms with Crippen LogP contribution in [-0.2, 0) is 4.79 Å². The molecule has 0 atom stereocenters. The minimum Gasteiger partial charge on any atom is -0.495 e. The van der Waals surface area contributed by atoms with Crippen molar-refractivity contribution in [2.24, 2.45) is 0 Å². The highest BCUT2D eigenvalue weighted by Gasteiger charge is 2.12. The zero-order chi connectivity index (χ0) is 14.4. The maximum absolute atomic E-state index is 12.0. The molecule has 0 bridgehead atoms. The predicted octanol–water partition coefficient (Wildman–Crippen LogP) is 2.83. The fraction of sp³-hybridized carbons (Fsp3) is 0.0667. The number of hydrogen-bond acceptors (Lipinski definition) is 4. The quantitative estimate of drug-likeness (QED) is 0.683. The third kappa shape index (κ3) is 3.06. The van der Waals surface area contributed by atoms with Crippen molar-refractivity contribution in [3.05, 3.63) is 54.0 Å². The van der Waals surface area contributed by atoms with Crippen LogP contribution in [0.2, 0.25) is 0 Å². The van der Waals surface area contributed by atoms with Gasteiger partial charge in [0.05, 0.1) is 19.1 Å². The van der Waals surface area contributed by atoms with E-state index in [4.69, 9.17) is 14.4 Å². The molecule has 0 unspecified atom stereocenters. The molecule has 0 radical (unpaired) electrons. The van der Waals surface area contributed by atoms with Gasteiger partial charge in [0.15, 0.2) is 0 Å². The molecule has 20 heavy (non-hydrogen) atoms. The minimum atomic E-state index is -0.520. The molecule has 1 amide bonds. The van der Waals surface area contributed by atoms with Crippen LogP contribution in [0.5, 0.6) is 5.75 Å². The first-order valence-electron chi connectivity index (χ1n) is 5.84. The van der Waals surface area contributed by atoms with Gasteiger partial charge in [-0.15, -0.1) is 0 Å². The molecular formula is C15H12N2O3. The van der Waals surface area contributed by atoms with E-state index >= 15 is 0 Å².